The van der Waals surface area contributed by atoms with Crippen molar-refractivity contribution in [2.45, 2.75) is 26.7 Å². The van der Waals surface area contributed by atoms with Crippen molar-refractivity contribution in [3.63, 3.8) is 0 Å². The van der Waals surface area contributed by atoms with Crippen molar-refractivity contribution >= 4 is 28.8 Å². The van der Waals surface area contributed by atoms with E-state index >= 15 is 0 Å². The maximum atomic E-state index is 6.02. The van der Waals surface area contributed by atoms with Gasteiger partial charge < -0.3 is 10.5 Å². The molecular weight excluding hydrogens is 302 g/mol. The minimum atomic E-state index is 0.269. The number of ether oxygens (including phenoxy) is 1. The third-order valence-corrected chi connectivity index (χ3v) is 3.76. The van der Waals surface area contributed by atoms with E-state index in [0.717, 1.165) is 11.3 Å². The van der Waals surface area contributed by atoms with E-state index in [0.29, 0.717) is 22.3 Å². The van der Waals surface area contributed by atoms with Gasteiger partial charge in [0.15, 0.2) is 0 Å². The molecule has 0 radical (unpaired) electrons. The second-order valence-electron chi connectivity index (χ2n) is 5.29. The van der Waals surface area contributed by atoms with Crippen LogP contribution >= 0.6 is 23.8 Å². The fourth-order valence-corrected chi connectivity index (χ4v) is 2.32. The van der Waals surface area contributed by atoms with E-state index in [2.05, 4.69) is 32.0 Å². The van der Waals surface area contributed by atoms with Crippen molar-refractivity contribution in [2.24, 2.45) is 5.73 Å². The highest BCUT2D eigenvalue weighted by atomic mass is 35.5. The van der Waals surface area contributed by atoms with Gasteiger partial charge in [0, 0.05) is 5.02 Å². The first-order chi connectivity index (χ1) is 9.88. The largest absolute Gasteiger partial charge is 0.456 e. The summed E-state index contributed by atoms with van der Waals surface area (Å²) in [6.07, 6.45) is 0. The molecule has 0 atom stereocenters. The van der Waals surface area contributed by atoms with Crippen LogP contribution in [0.5, 0.6) is 11.5 Å². The smallest absolute Gasteiger partial charge is 0.137 e. The van der Waals surface area contributed by atoms with Gasteiger partial charge in [-0.05, 0) is 48.2 Å². The molecule has 0 aliphatic carbocycles. The van der Waals surface area contributed by atoms with Crippen molar-refractivity contribution in [2.75, 3.05) is 0 Å². The van der Waals surface area contributed by atoms with Crippen LogP contribution in [0.1, 0.15) is 36.5 Å². The molecule has 0 fully saturated rings. The second-order valence-corrected chi connectivity index (χ2v) is 6.16. The molecule has 0 aliphatic rings. The number of rotatable bonds is 4. The first kappa shape index (κ1) is 15.8. The Hall–Kier alpha value is -1.58. The van der Waals surface area contributed by atoms with Gasteiger partial charge in [-0.2, -0.15) is 0 Å². The fraction of sp³-hybridized carbons (Fsp3) is 0.235. The summed E-state index contributed by atoms with van der Waals surface area (Å²) < 4.78 is 6.02. The minimum absolute atomic E-state index is 0.269. The molecule has 0 saturated carbocycles. The Morgan fingerprint density at radius 1 is 1.14 bits per heavy atom. The topological polar surface area (TPSA) is 35.2 Å². The molecule has 110 valence electrons. The Bertz CT molecular complexity index is 682. The number of benzene rings is 2. The first-order valence-corrected chi connectivity index (χ1v) is 7.55. The molecule has 0 spiro atoms. The lowest BCUT2D eigenvalue weighted by Crippen LogP contribution is -2.11. The molecule has 0 heterocycles. The number of hydrogen-bond donors (Lipinski definition) is 1. The molecule has 4 heteroatoms. The van der Waals surface area contributed by atoms with Crippen molar-refractivity contribution in [1.82, 2.24) is 0 Å². The molecule has 2 aromatic rings. The fourth-order valence-electron chi connectivity index (χ4n) is 1.99. The number of thiocarbonyl (C=S) groups is 1. The van der Waals surface area contributed by atoms with Gasteiger partial charge >= 0.3 is 0 Å². The minimum Gasteiger partial charge on any atom is -0.456 e. The summed E-state index contributed by atoms with van der Waals surface area (Å²) in [4.78, 5) is 0.269. The van der Waals surface area contributed by atoms with Crippen LogP contribution in [-0.4, -0.2) is 4.99 Å². The SMILES string of the molecule is Cc1ccc(C(C)C)cc1Oc1ccc(Cl)cc1C(N)=S. The Morgan fingerprint density at radius 3 is 2.48 bits per heavy atom. The maximum Gasteiger partial charge on any atom is 0.137 e. The van der Waals surface area contributed by atoms with E-state index in [-0.39, 0.29) is 4.99 Å². The molecule has 2 N–H and O–H groups in total. The Balaban J connectivity index is 2.43. The summed E-state index contributed by atoms with van der Waals surface area (Å²) in [7, 11) is 0. The van der Waals surface area contributed by atoms with Crippen LogP contribution in [0.25, 0.3) is 0 Å². The predicted molar refractivity (Wildman–Crippen MR) is 92.7 cm³/mol. The average Bonchev–Trinajstić information content (AvgIpc) is 2.42. The third-order valence-electron chi connectivity index (χ3n) is 3.31. The molecule has 2 rings (SSSR count). The van der Waals surface area contributed by atoms with Gasteiger partial charge in [-0.3, -0.25) is 0 Å². The zero-order valence-electron chi connectivity index (χ0n) is 12.3. The highest BCUT2D eigenvalue weighted by Crippen LogP contribution is 2.32. The Kier molecular flexibility index (Phi) is 4.86. The standard InChI is InChI=1S/C17H18ClNOS/c1-10(2)12-5-4-11(3)16(8-12)20-15-7-6-13(18)9-14(15)17(19)21/h4-10H,1-3H3,(H2,19,21). The average molecular weight is 320 g/mol. The van der Waals surface area contributed by atoms with Crippen LogP contribution < -0.4 is 10.5 Å². The number of aryl methyl sites for hydroxylation is 1. The van der Waals surface area contributed by atoms with Gasteiger partial charge in [0.1, 0.15) is 16.5 Å². The summed E-state index contributed by atoms with van der Waals surface area (Å²) in [5.74, 6) is 1.87. The summed E-state index contributed by atoms with van der Waals surface area (Å²) in [6, 6.07) is 11.5. The van der Waals surface area contributed by atoms with Crippen LogP contribution in [-0.2, 0) is 0 Å². The monoisotopic (exact) mass is 319 g/mol. The zero-order valence-corrected chi connectivity index (χ0v) is 13.9. The zero-order chi connectivity index (χ0) is 15.6. The lowest BCUT2D eigenvalue weighted by atomic mass is 10.0. The lowest BCUT2D eigenvalue weighted by molar-refractivity contribution is 0.477. The van der Waals surface area contributed by atoms with Gasteiger partial charge in [-0.15, -0.1) is 0 Å². The molecule has 0 aromatic heterocycles. The molecule has 2 aromatic carbocycles. The summed E-state index contributed by atoms with van der Waals surface area (Å²) in [5.41, 5.74) is 8.67. The van der Waals surface area contributed by atoms with Crippen molar-refractivity contribution in [1.29, 1.82) is 0 Å². The van der Waals surface area contributed by atoms with E-state index < -0.39 is 0 Å². The summed E-state index contributed by atoms with van der Waals surface area (Å²) >= 11 is 11.1. The number of halogens is 1. The molecule has 0 aliphatic heterocycles. The molecule has 0 bridgehead atoms. The van der Waals surface area contributed by atoms with E-state index in [4.69, 9.17) is 34.3 Å². The second kappa shape index (κ2) is 6.46. The van der Waals surface area contributed by atoms with E-state index in [1.165, 1.54) is 5.56 Å². The van der Waals surface area contributed by atoms with Gasteiger partial charge in [-0.1, -0.05) is 49.8 Å². The number of hydrogen-bond acceptors (Lipinski definition) is 2. The van der Waals surface area contributed by atoms with Crippen LogP contribution in [0.4, 0.5) is 0 Å². The first-order valence-electron chi connectivity index (χ1n) is 6.76. The maximum absolute atomic E-state index is 6.02. The van der Waals surface area contributed by atoms with Crippen LogP contribution in [0.2, 0.25) is 5.02 Å². The molecule has 21 heavy (non-hydrogen) atoms. The summed E-state index contributed by atoms with van der Waals surface area (Å²) in [6.45, 7) is 6.31. The van der Waals surface area contributed by atoms with Crippen LogP contribution in [0.15, 0.2) is 36.4 Å². The molecule has 0 unspecified atom stereocenters. The summed E-state index contributed by atoms with van der Waals surface area (Å²) in [5, 5.41) is 0.581. The predicted octanol–water partition coefficient (Wildman–Crippen LogP) is 5.20. The molecular formula is C17H18ClNOS. The van der Waals surface area contributed by atoms with Crippen molar-refractivity contribution < 1.29 is 4.74 Å². The van der Waals surface area contributed by atoms with E-state index in [1.54, 1.807) is 18.2 Å². The van der Waals surface area contributed by atoms with Gasteiger partial charge in [0.25, 0.3) is 0 Å². The van der Waals surface area contributed by atoms with Gasteiger partial charge in [-0.25, -0.2) is 0 Å². The van der Waals surface area contributed by atoms with Gasteiger partial charge in [0.2, 0.25) is 0 Å². The number of nitrogens with two attached hydrogens (primary N) is 1. The van der Waals surface area contributed by atoms with Crippen LogP contribution in [0.3, 0.4) is 0 Å². The third kappa shape index (κ3) is 3.74. The van der Waals surface area contributed by atoms with Gasteiger partial charge in [0.05, 0.1) is 5.56 Å². The van der Waals surface area contributed by atoms with Crippen molar-refractivity contribution in [3.8, 4) is 11.5 Å². The highest BCUT2D eigenvalue weighted by molar-refractivity contribution is 7.80. The lowest BCUT2D eigenvalue weighted by Gasteiger charge is -2.15. The van der Waals surface area contributed by atoms with Crippen molar-refractivity contribution in [3.05, 3.63) is 58.1 Å². The normalized spacial score (nSPS) is 10.7. The highest BCUT2D eigenvalue weighted by Gasteiger charge is 2.11. The Labute approximate surface area is 135 Å². The molecule has 2 nitrogen and oxygen atoms in total. The Morgan fingerprint density at radius 2 is 1.86 bits per heavy atom. The van der Waals surface area contributed by atoms with Crippen LogP contribution in [0, 0.1) is 6.92 Å². The quantitative estimate of drug-likeness (QED) is 0.787. The molecule has 0 amide bonds. The van der Waals surface area contributed by atoms with E-state index in [1.807, 2.05) is 6.92 Å². The van der Waals surface area contributed by atoms with E-state index in [9.17, 15) is 0 Å². The molecule has 0 saturated heterocycles.